The van der Waals surface area contributed by atoms with Crippen LogP contribution < -0.4 is 10.2 Å². The maximum absolute atomic E-state index is 12.7. The van der Waals surface area contributed by atoms with Gasteiger partial charge in [0.2, 0.25) is 0 Å². The maximum atomic E-state index is 12.7. The lowest BCUT2D eigenvalue weighted by molar-refractivity contribution is -0.118. The second-order valence-electron chi connectivity index (χ2n) is 8.20. The van der Waals surface area contributed by atoms with Crippen molar-refractivity contribution < 1.29 is 9.53 Å². The second kappa shape index (κ2) is 11.0. The van der Waals surface area contributed by atoms with Gasteiger partial charge in [0.1, 0.15) is 5.75 Å². The lowest BCUT2D eigenvalue weighted by Crippen LogP contribution is -2.20. The molecule has 5 aromatic rings. The van der Waals surface area contributed by atoms with E-state index in [1.54, 1.807) is 25.7 Å². The van der Waals surface area contributed by atoms with Crippen LogP contribution in [0.2, 0.25) is 0 Å². The molecule has 1 amide bonds. The van der Waals surface area contributed by atoms with Crippen molar-refractivity contribution in [2.45, 2.75) is 12.1 Å². The van der Waals surface area contributed by atoms with Gasteiger partial charge in [-0.15, -0.1) is 10.2 Å². The molecule has 9 heteroatoms. The summed E-state index contributed by atoms with van der Waals surface area (Å²) in [4.78, 5) is 16.7. The summed E-state index contributed by atoms with van der Waals surface area (Å²) >= 11 is 1.29. The molecule has 0 radical (unpaired) electrons. The van der Waals surface area contributed by atoms with E-state index in [2.05, 4.69) is 25.7 Å². The topological polar surface area (TPSA) is 94.3 Å². The van der Waals surface area contributed by atoms with Gasteiger partial charge in [-0.25, -0.2) is 5.43 Å². The van der Waals surface area contributed by atoms with E-state index >= 15 is 0 Å². The van der Waals surface area contributed by atoms with Crippen LogP contribution in [-0.2, 0) is 4.79 Å². The number of hydrazone groups is 1. The molecule has 1 N–H and O–H groups in total. The van der Waals surface area contributed by atoms with Crippen molar-refractivity contribution in [3.05, 3.63) is 96.3 Å². The molecule has 0 unspecified atom stereocenters. The molecule has 2 heterocycles. The van der Waals surface area contributed by atoms with Crippen molar-refractivity contribution >= 4 is 34.7 Å². The van der Waals surface area contributed by atoms with Crippen LogP contribution in [0.1, 0.15) is 11.1 Å². The number of rotatable bonds is 8. The lowest BCUT2D eigenvalue weighted by Gasteiger charge is -2.10. The number of hydrogen-bond acceptors (Lipinski definition) is 7. The first kappa shape index (κ1) is 24.2. The first-order chi connectivity index (χ1) is 18.1. The Morgan fingerprint density at radius 3 is 2.59 bits per heavy atom. The highest BCUT2D eigenvalue weighted by Crippen LogP contribution is 2.28. The highest BCUT2D eigenvalue weighted by Gasteiger charge is 2.17. The third kappa shape index (κ3) is 5.36. The molecule has 8 nitrogen and oxygen atoms in total. The zero-order valence-corrected chi connectivity index (χ0v) is 21.1. The van der Waals surface area contributed by atoms with Gasteiger partial charge < -0.3 is 4.74 Å². The summed E-state index contributed by atoms with van der Waals surface area (Å²) in [6.07, 6.45) is 5.04. The quantitative estimate of drug-likeness (QED) is 0.179. The average molecular weight is 509 g/mol. The number of amides is 1. The maximum Gasteiger partial charge on any atom is 0.250 e. The van der Waals surface area contributed by atoms with Gasteiger partial charge in [-0.3, -0.25) is 14.3 Å². The number of carbonyl (C=O) groups excluding carboxylic acids is 1. The SMILES string of the molecule is COc1ccc2ccccc2c1C=NNC(=O)CSc1nnc(-c2ccncc2)n1-c1ccc(C)cc1. The predicted molar refractivity (Wildman–Crippen MR) is 146 cm³/mol. The Morgan fingerprint density at radius 1 is 1.03 bits per heavy atom. The number of nitrogens with zero attached hydrogens (tertiary/aromatic N) is 5. The number of aromatic nitrogens is 4. The number of hydrogen-bond donors (Lipinski definition) is 1. The molecule has 0 aliphatic heterocycles. The number of pyridine rings is 1. The monoisotopic (exact) mass is 508 g/mol. The third-order valence-electron chi connectivity index (χ3n) is 5.73. The van der Waals surface area contributed by atoms with Crippen LogP contribution in [0.4, 0.5) is 0 Å². The van der Waals surface area contributed by atoms with E-state index in [0.717, 1.165) is 33.2 Å². The van der Waals surface area contributed by atoms with E-state index in [4.69, 9.17) is 4.74 Å². The highest BCUT2D eigenvalue weighted by atomic mass is 32.2. The fourth-order valence-corrected chi connectivity index (χ4v) is 4.64. The Bertz CT molecular complexity index is 1570. The molecule has 0 aliphatic rings. The van der Waals surface area contributed by atoms with Gasteiger partial charge >= 0.3 is 0 Å². The molecule has 3 aromatic carbocycles. The zero-order chi connectivity index (χ0) is 25.6. The molecule has 184 valence electrons. The largest absolute Gasteiger partial charge is 0.496 e. The number of nitrogens with one attached hydrogen (secondary N) is 1. The van der Waals surface area contributed by atoms with Gasteiger partial charge in [0.05, 0.1) is 19.1 Å². The van der Waals surface area contributed by atoms with Crippen molar-refractivity contribution in [3.8, 4) is 22.8 Å². The summed E-state index contributed by atoms with van der Waals surface area (Å²) in [5, 5.41) is 15.6. The van der Waals surface area contributed by atoms with Crippen LogP contribution in [-0.4, -0.2) is 44.7 Å². The van der Waals surface area contributed by atoms with E-state index < -0.39 is 0 Å². The van der Waals surface area contributed by atoms with Crippen molar-refractivity contribution in [1.29, 1.82) is 0 Å². The smallest absolute Gasteiger partial charge is 0.250 e. The second-order valence-corrected chi connectivity index (χ2v) is 9.14. The number of benzene rings is 3. The molecule has 0 saturated heterocycles. The van der Waals surface area contributed by atoms with Crippen LogP contribution in [0.3, 0.4) is 0 Å². The summed E-state index contributed by atoms with van der Waals surface area (Å²) < 4.78 is 7.43. The highest BCUT2D eigenvalue weighted by molar-refractivity contribution is 7.99. The molecule has 0 fully saturated rings. The van der Waals surface area contributed by atoms with Gasteiger partial charge in [-0.1, -0.05) is 59.8 Å². The summed E-state index contributed by atoms with van der Waals surface area (Å²) in [6.45, 7) is 2.04. The Kier molecular flexibility index (Phi) is 7.23. The van der Waals surface area contributed by atoms with Crippen LogP contribution >= 0.6 is 11.8 Å². The third-order valence-corrected chi connectivity index (χ3v) is 6.66. The summed E-state index contributed by atoms with van der Waals surface area (Å²) in [5.41, 5.74) is 6.35. The fourth-order valence-electron chi connectivity index (χ4n) is 3.90. The molecule has 0 spiro atoms. The summed E-state index contributed by atoms with van der Waals surface area (Å²) in [7, 11) is 1.61. The zero-order valence-electron chi connectivity index (χ0n) is 20.3. The minimum Gasteiger partial charge on any atom is -0.496 e. The molecule has 0 atom stereocenters. The van der Waals surface area contributed by atoms with Crippen molar-refractivity contribution in [3.63, 3.8) is 0 Å². The van der Waals surface area contributed by atoms with Crippen LogP contribution in [0.15, 0.2) is 95.4 Å². The Hall–Kier alpha value is -4.50. The number of methoxy groups -OCH3 is 1. The van der Waals surface area contributed by atoms with E-state index in [9.17, 15) is 4.79 Å². The normalized spacial score (nSPS) is 11.2. The first-order valence-electron chi connectivity index (χ1n) is 11.6. The minimum atomic E-state index is -0.260. The number of thioether (sulfide) groups is 1. The molecule has 0 saturated carbocycles. The molecule has 2 aromatic heterocycles. The predicted octanol–water partition coefficient (Wildman–Crippen LogP) is 5.04. The standard InChI is InChI=1S/C28H24N6O2S/c1-19-7-10-22(11-8-19)34-27(21-13-15-29-16-14-21)32-33-28(34)37-18-26(35)31-30-17-24-23-6-4-3-5-20(23)9-12-25(24)36-2/h3-17H,18H2,1-2H3,(H,31,35). The molecule has 0 aliphatic carbocycles. The minimum absolute atomic E-state index is 0.115. The Balaban J connectivity index is 1.33. The van der Waals surface area contributed by atoms with Crippen molar-refractivity contribution in [1.82, 2.24) is 25.2 Å². The number of carbonyl (C=O) groups is 1. The Labute approximate surface area is 218 Å². The van der Waals surface area contributed by atoms with E-state index in [1.165, 1.54) is 11.8 Å². The molecular formula is C28H24N6O2S. The van der Waals surface area contributed by atoms with Crippen LogP contribution in [0.5, 0.6) is 5.75 Å². The number of aryl methyl sites for hydroxylation is 1. The van der Waals surface area contributed by atoms with Gasteiger partial charge in [0.15, 0.2) is 11.0 Å². The van der Waals surface area contributed by atoms with Gasteiger partial charge in [-0.2, -0.15) is 5.10 Å². The Morgan fingerprint density at radius 2 is 1.81 bits per heavy atom. The summed E-state index contributed by atoms with van der Waals surface area (Å²) in [5.74, 6) is 1.21. The van der Waals surface area contributed by atoms with Crippen LogP contribution in [0, 0.1) is 6.92 Å². The van der Waals surface area contributed by atoms with Gasteiger partial charge in [0.25, 0.3) is 5.91 Å². The molecule has 0 bridgehead atoms. The first-order valence-corrected chi connectivity index (χ1v) is 12.6. The van der Waals surface area contributed by atoms with Gasteiger partial charge in [-0.05, 0) is 48.0 Å². The van der Waals surface area contributed by atoms with Crippen LogP contribution in [0.25, 0.3) is 27.8 Å². The summed E-state index contributed by atoms with van der Waals surface area (Å²) in [6, 6.07) is 23.7. The molecule has 5 rings (SSSR count). The molecule has 37 heavy (non-hydrogen) atoms. The lowest BCUT2D eigenvalue weighted by atomic mass is 10.0. The van der Waals surface area contributed by atoms with E-state index in [0.29, 0.717) is 16.7 Å². The number of fused-ring (bicyclic) bond motifs is 1. The fraction of sp³-hybridized carbons (Fsp3) is 0.107. The van der Waals surface area contributed by atoms with E-state index in [1.807, 2.05) is 84.3 Å². The van der Waals surface area contributed by atoms with E-state index in [-0.39, 0.29) is 11.7 Å². The van der Waals surface area contributed by atoms with Crippen molar-refractivity contribution in [2.24, 2.45) is 5.10 Å². The van der Waals surface area contributed by atoms with Crippen molar-refractivity contribution in [2.75, 3.05) is 12.9 Å². The average Bonchev–Trinajstić information content (AvgIpc) is 3.37. The van der Waals surface area contributed by atoms with Gasteiger partial charge in [0, 0.05) is 29.2 Å². The molecular weight excluding hydrogens is 484 g/mol. The number of ether oxygens (including phenoxy) is 1.